The lowest BCUT2D eigenvalue weighted by atomic mass is 10.2. The zero-order valence-electron chi connectivity index (χ0n) is 11.2. The molecule has 20 heavy (non-hydrogen) atoms. The summed E-state index contributed by atoms with van der Waals surface area (Å²) >= 11 is 1.01. The molecule has 1 atom stereocenters. The van der Waals surface area contributed by atoms with E-state index < -0.39 is 23.6 Å². The van der Waals surface area contributed by atoms with Crippen LogP contribution >= 0.6 is 11.8 Å². The number of carbonyl (C=O) groups excluding carboxylic acids is 2. The van der Waals surface area contributed by atoms with Gasteiger partial charge in [-0.05, 0) is 24.1 Å². The summed E-state index contributed by atoms with van der Waals surface area (Å²) in [7, 11) is 0. The summed E-state index contributed by atoms with van der Waals surface area (Å²) < 4.78 is 5.43. The van der Waals surface area contributed by atoms with E-state index in [0.717, 1.165) is 29.5 Å². The molecule has 1 rings (SSSR count). The Balaban J connectivity index is 2.51. The van der Waals surface area contributed by atoms with Crippen molar-refractivity contribution >= 4 is 23.7 Å². The monoisotopic (exact) mass is 296 g/mol. The highest BCUT2D eigenvalue weighted by atomic mass is 32.2. The first-order valence-corrected chi connectivity index (χ1v) is 7.31. The fourth-order valence-corrected chi connectivity index (χ4v) is 2.44. The van der Waals surface area contributed by atoms with Crippen LogP contribution in [0.15, 0.2) is 24.3 Å². The average molecular weight is 296 g/mol. The van der Waals surface area contributed by atoms with E-state index in [1.54, 1.807) is 12.1 Å². The van der Waals surface area contributed by atoms with Crippen LogP contribution in [0.5, 0.6) is 5.75 Å². The molecule has 0 aliphatic rings. The van der Waals surface area contributed by atoms with Crippen LogP contribution in [-0.2, 0) is 15.3 Å². The van der Waals surface area contributed by atoms with Crippen LogP contribution in [0.2, 0.25) is 0 Å². The first-order valence-electron chi connectivity index (χ1n) is 6.27. The summed E-state index contributed by atoms with van der Waals surface area (Å²) in [5.74, 6) is -1.64. The zero-order chi connectivity index (χ0) is 15.0. The smallest absolute Gasteiger partial charge is 0.119 e. The standard InChI is InChI=1S/C14H18O5S/c1-2-7-19-11-5-3-10(4-6-11)9-20-12(14(17)18)8-13(15)16/h3-6,12H,2,7-9H2,1H3,(H,15,16)(H,17,18)/p-2/t12-/m0/s1. The molecule has 5 nitrogen and oxygen atoms in total. The van der Waals surface area contributed by atoms with Gasteiger partial charge in [0.25, 0.3) is 0 Å². The average Bonchev–Trinajstić information content (AvgIpc) is 2.41. The molecule has 0 N–H and O–H groups in total. The molecule has 110 valence electrons. The van der Waals surface area contributed by atoms with Gasteiger partial charge in [0, 0.05) is 23.4 Å². The fraction of sp³-hybridized carbons (Fsp3) is 0.429. The Bertz CT molecular complexity index is 443. The number of carbonyl (C=O) groups is 2. The van der Waals surface area contributed by atoms with Gasteiger partial charge in [0.15, 0.2) is 0 Å². The molecule has 1 aromatic rings. The molecule has 0 spiro atoms. The molecule has 0 saturated heterocycles. The van der Waals surface area contributed by atoms with Crippen LogP contribution in [0.3, 0.4) is 0 Å². The van der Waals surface area contributed by atoms with E-state index in [1.165, 1.54) is 0 Å². The third kappa shape index (κ3) is 5.97. The van der Waals surface area contributed by atoms with E-state index in [9.17, 15) is 19.8 Å². The Labute approximate surface area is 121 Å². The molecule has 1 aromatic carbocycles. The molecule has 0 aromatic heterocycles. The number of carboxylic acid groups (broad SMARTS) is 2. The Hall–Kier alpha value is -1.69. The number of benzene rings is 1. The number of aliphatic carboxylic acids is 2. The maximum atomic E-state index is 10.8. The molecule has 0 unspecified atom stereocenters. The molecule has 0 aliphatic heterocycles. The molecule has 0 bridgehead atoms. The Morgan fingerprint density at radius 1 is 1.25 bits per heavy atom. The summed E-state index contributed by atoms with van der Waals surface area (Å²) in [5, 5.41) is 20.1. The second-order valence-corrected chi connectivity index (χ2v) is 5.38. The number of thioether (sulfide) groups is 1. The van der Waals surface area contributed by atoms with Crippen molar-refractivity contribution < 1.29 is 24.5 Å². The third-order valence-electron chi connectivity index (χ3n) is 2.46. The van der Waals surface area contributed by atoms with Gasteiger partial charge >= 0.3 is 0 Å². The van der Waals surface area contributed by atoms with Crippen molar-refractivity contribution in [1.82, 2.24) is 0 Å². The highest BCUT2D eigenvalue weighted by Gasteiger charge is 2.11. The van der Waals surface area contributed by atoms with Gasteiger partial charge in [-0.15, -0.1) is 11.8 Å². The zero-order valence-corrected chi connectivity index (χ0v) is 12.0. The summed E-state index contributed by atoms with van der Waals surface area (Å²) in [6.07, 6.45) is 0.374. The second-order valence-electron chi connectivity index (χ2n) is 4.19. The second kappa shape index (κ2) is 8.47. The first kappa shape index (κ1) is 16.4. The van der Waals surface area contributed by atoms with Crippen molar-refractivity contribution in [2.75, 3.05) is 6.61 Å². The summed E-state index contributed by atoms with van der Waals surface area (Å²) in [4.78, 5) is 21.2. The van der Waals surface area contributed by atoms with Gasteiger partial charge in [0.1, 0.15) is 5.75 Å². The minimum absolute atomic E-state index is 0.389. The summed E-state index contributed by atoms with van der Waals surface area (Å²) in [6.45, 7) is 2.66. The highest BCUT2D eigenvalue weighted by molar-refractivity contribution is 7.99. The number of hydrogen-bond acceptors (Lipinski definition) is 6. The quantitative estimate of drug-likeness (QED) is 0.635. The van der Waals surface area contributed by atoms with E-state index in [-0.39, 0.29) is 0 Å². The molecule has 0 aliphatic carbocycles. The predicted octanol–water partition coefficient (Wildman–Crippen LogP) is -0.0329. The van der Waals surface area contributed by atoms with Crippen LogP contribution in [0.4, 0.5) is 0 Å². The van der Waals surface area contributed by atoms with Crippen LogP contribution in [0.1, 0.15) is 25.3 Å². The molecule has 0 saturated carbocycles. The number of hydrogen-bond donors (Lipinski definition) is 0. The number of carboxylic acids is 2. The lowest BCUT2D eigenvalue weighted by Gasteiger charge is -2.18. The van der Waals surface area contributed by atoms with Crippen LogP contribution in [-0.4, -0.2) is 23.8 Å². The molecular weight excluding hydrogens is 280 g/mol. The topological polar surface area (TPSA) is 89.5 Å². The van der Waals surface area contributed by atoms with E-state index in [4.69, 9.17) is 4.74 Å². The van der Waals surface area contributed by atoms with Gasteiger partial charge < -0.3 is 24.5 Å². The van der Waals surface area contributed by atoms with Crippen molar-refractivity contribution in [1.29, 1.82) is 0 Å². The van der Waals surface area contributed by atoms with Gasteiger partial charge in [0.05, 0.1) is 12.6 Å². The van der Waals surface area contributed by atoms with Crippen LogP contribution in [0.25, 0.3) is 0 Å². The molecule has 0 heterocycles. The van der Waals surface area contributed by atoms with Crippen molar-refractivity contribution in [2.45, 2.75) is 30.8 Å². The number of ether oxygens (including phenoxy) is 1. The van der Waals surface area contributed by atoms with Gasteiger partial charge in [0.2, 0.25) is 0 Å². The summed E-state index contributed by atoms with van der Waals surface area (Å²) in [5.41, 5.74) is 0.892. The van der Waals surface area contributed by atoms with E-state index in [1.807, 2.05) is 19.1 Å². The minimum Gasteiger partial charge on any atom is -0.550 e. The van der Waals surface area contributed by atoms with E-state index in [0.29, 0.717) is 12.4 Å². The molecule has 6 heteroatoms. The first-order chi connectivity index (χ1) is 9.52. The molecule has 0 radical (unpaired) electrons. The SMILES string of the molecule is CCCOc1ccc(CS[C@@H](CC(=O)[O-])C(=O)[O-])cc1. The Morgan fingerprint density at radius 3 is 2.40 bits per heavy atom. The van der Waals surface area contributed by atoms with Crippen molar-refractivity contribution in [3.8, 4) is 5.75 Å². The van der Waals surface area contributed by atoms with Crippen LogP contribution in [0, 0.1) is 0 Å². The Morgan fingerprint density at radius 2 is 1.90 bits per heavy atom. The predicted molar refractivity (Wildman–Crippen MR) is 71.9 cm³/mol. The molecule has 0 fully saturated rings. The van der Waals surface area contributed by atoms with Gasteiger partial charge in [-0.25, -0.2) is 0 Å². The maximum Gasteiger partial charge on any atom is 0.119 e. The molecule has 0 amide bonds. The lowest BCUT2D eigenvalue weighted by molar-refractivity contribution is -0.314. The Kier molecular flexibility index (Phi) is 6.93. The number of rotatable bonds is 9. The summed E-state index contributed by atoms with van der Waals surface area (Å²) in [6, 6.07) is 7.25. The lowest BCUT2D eigenvalue weighted by Crippen LogP contribution is -2.38. The van der Waals surface area contributed by atoms with E-state index in [2.05, 4.69) is 0 Å². The van der Waals surface area contributed by atoms with Gasteiger partial charge in [-0.2, -0.15) is 0 Å². The van der Waals surface area contributed by atoms with Crippen LogP contribution < -0.4 is 14.9 Å². The van der Waals surface area contributed by atoms with Crippen molar-refractivity contribution in [3.05, 3.63) is 29.8 Å². The van der Waals surface area contributed by atoms with Gasteiger partial charge in [-0.1, -0.05) is 19.1 Å². The van der Waals surface area contributed by atoms with Crippen molar-refractivity contribution in [3.63, 3.8) is 0 Å². The van der Waals surface area contributed by atoms with Crippen molar-refractivity contribution in [2.24, 2.45) is 0 Å². The molecular formula is C14H16O5S-2. The maximum absolute atomic E-state index is 10.8. The highest BCUT2D eigenvalue weighted by Crippen LogP contribution is 2.21. The minimum atomic E-state index is -1.39. The normalized spacial score (nSPS) is 11.8. The fourth-order valence-electron chi connectivity index (χ4n) is 1.46. The largest absolute Gasteiger partial charge is 0.550 e. The third-order valence-corrected chi connectivity index (χ3v) is 3.72. The van der Waals surface area contributed by atoms with Gasteiger partial charge in [-0.3, -0.25) is 0 Å². The van der Waals surface area contributed by atoms with E-state index >= 15 is 0 Å².